The van der Waals surface area contributed by atoms with E-state index in [1.807, 2.05) is 0 Å². The SMILES string of the molecule is CC(N)C(C)C(=O)NCCCS(C)(=O)=O. The maximum absolute atomic E-state index is 11.4. The first-order chi connectivity index (χ1) is 6.74. The largest absolute Gasteiger partial charge is 0.356 e. The summed E-state index contributed by atoms with van der Waals surface area (Å²) in [5, 5.41) is 2.65. The lowest BCUT2D eigenvalue weighted by molar-refractivity contribution is -0.124. The molecule has 15 heavy (non-hydrogen) atoms. The van der Waals surface area contributed by atoms with Crippen LogP contribution in [0.2, 0.25) is 0 Å². The van der Waals surface area contributed by atoms with E-state index in [4.69, 9.17) is 5.73 Å². The Morgan fingerprint density at radius 2 is 1.93 bits per heavy atom. The number of hydrogen-bond donors (Lipinski definition) is 2. The van der Waals surface area contributed by atoms with Crippen molar-refractivity contribution in [3.8, 4) is 0 Å². The molecule has 2 atom stereocenters. The van der Waals surface area contributed by atoms with Crippen molar-refractivity contribution in [2.75, 3.05) is 18.6 Å². The van der Waals surface area contributed by atoms with Crippen molar-refractivity contribution < 1.29 is 13.2 Å². The summed E-state index contributed by atoms with van der Waals surface area (Å²) in [6.07, 6.45) is 1.62. The van der Waals surface area contributed by atoms with Gasteiger partial charge in [0.15, 0.2) is 0 Å². The molecule has 0 aromatic heterocycles. The highest BCUT2D eigenvalue weighted by atomic mass is 32.2. The zero-order chi connectivity index (χ0) is 12.1. The van der Waals surface area contributed by atoms with E-state index in [0.29, 0.717) is 13.0 Å². The number of nitrogens with one attached hydrogen (secondary N) is 1. The van der Waals surface area contributed by atoms with Crippen LogP contribution in [0.15, 0.2) is 0 Å². The molecule has 3 N–H and O–H groups in total. The van der Waals surface area contributed by atoms with Crippen LogP contribution in [0.1, 0.15) is 20.3 Å². The van der Waals surface area contributed by atoms with Crippen molar-refractivity contribution in [2.24, 2.45) is 11.7 Å². The number of sulfone groups is 1. The molecule has 1 amide bonds. The smallest absolute Gasteiger partial charge is 0.224 e. The number of rotatable bonds is 6. The Labute approximate surface area is 91.3 Å². The molecule has 0 aliphatic carbocycles. The molecular formula is C9H20N2O3S. The summed E-state index contributed by atoms with van der Waals surface area (Å²) < 4.78 is 21.6. The first-order valence-electron chi connectivity index (χ1n) is 4.95. The van der Waals surface area contributed by atoms with Crippen LogP contribution in [-0.2, 0) is 14.6 Å². The van der Waals surface area contributed by atoms with Gasteiger partial charge in [0.25, 0.3) is 0 Å². The molecule has 5 nitrogen and oxygen atoms in total. The fraction of sp³-hybridized carbons (Fsp3) is 0.889. The molecule has 0 aliphatic rings. The first kappa shape index (κ1) is 14.4. The van der Waals surface area contributed by atoms with E-state index in [1.54, 1.807) is 13.8 Å². The van der Waals surface area contributed by atoms with E-state index < -0.39 is 9.84 Å². The fourth-order valence-electron chi connectivity index (χ4n) is 0.946. The minimum atomic E-state index is -2.93. The van der Waals surface area contributed by atoms with Crippen LogP contribution in [0.4, 0.5) is 0 Å². The van der Waals surface area contributed by atoms with Gasteiger partial charge in [0.05, 0.1) is 5.75 Å². The monoisotopic (exact) mass is 236 g/mol. The van der Waals surface area contributed by atoms with Gasteiger partial charge in [-0.3, -0.25) is 4.79 Å². The third-order valence-corrected chi connectivity index (χ3v) is 3.22. The van der Waals surface area contributed by atoms with Crippen LogP contribution in [0.5, 0.6) is 0 Å². The number of amides is 1. The molecule has 0 radical (unpaired) electrons. The van der Waals surface area contributed by atoms with Gasteiger partial charge in [-0.05, 0) is 13.3 Å². The Bertz CT molecular complexity index is 298. The van der Waals surface area contributed by atoms with E-state index in [1.165, 1.54) is 6.26 Å². The van der Waals surface area contributed by atoms with E-state index >= 15 is 0 Å². The normalized spacial score (nSPS) is 15.7. The van der Waals surface area contributed by atoms with Crippen LogP contribution >= 0.6 is 0 Å². The average Bonchev–Trinajstić information content (AvgIpc) is 2.09. The van der Waals surface area contributed by atoms with Gasteiger partial charge in [-0.15, -0.1) is 0 Å². The fourth-order valence-corrected chi connectivity index (χ4v) is 1.61. The molecule has 0 rings (SSSR count). The van der Waals surface area contributed by atoms with Gasteiger partial charge < -0.3 is 11.1 Å². The van der Waals surface area contributed by atoms with Crippen LogP contribution in [-0.4, -0.2) is 38.9 Å². The van der Waals surface area contributed by atoms with Crippen LogP contribution in [0.25, 0.3) is 0 Å². The molecule has 0 bridgehead atoms. The molecule has 0 saturated heterocycles. The van der Waals surface area contributed by atoms with E-state index in [0.717, 1.165) is 0 Å². The van der Waals surface area contributed by atoms with Gasteiger partial charge in [0.2, 0.25) is 5.91 Å². The minimum Gasteiger partial charge on any atom is -0.356 e. The van der Waals surface area contributed by atoms with Crippen molar-refractivity contribution in [1.29, 1.82) is 0 Å². The van der Waals surface area contributed by atoms with Gasteiger partial charge in [0, 0.05) is 24.8 Å². The van der Waals surface area contributed by atoms with Gasteiger partial charge in [-0.25, -0.2) is 8.42 Å². The Kier molecular flexibility index (Phi) is 5.82. The zero-order valence-corrected chi connectivity index (χ0v) is 10.3. The molecule has 6 heteroatoms. The van der Waals surface area contributed by atoms with Crippen molar-refractivity contribution in [2.45, 2.75) is 26.3 Å². The third kappa shape index (κ3) is 7.33. The maximum atomic E-state index is 11.4. The van der Waals surface area contributed by atoms with E-state index in [-0.39, 0.29) is 23.6 Å². The summed E-state index contributed by atoms with van der Waals surface area (Å²) >= 11 is 0. The second-order valence-electron chi connectivity index (χ2n) is 3.92. The predicted octanol–water partition coefficient (Wildman–Crippen LogP) is -0.479. The Hall–Kier alpha value is -0.620. The third-order valence-electron chi connectivity index (χ3n) is 2.19. The average molecular weight is 236 g/mol. The molecule has 0 heterocycles. The molecule has 0 spiro atoms. The van der Waals surface area contributed by atoms with Crippen molar-refractivity contribution >= 4 is 15.7 Å². The molecule has 0 aliphatic heterocycles. The van der Waals surface area contributed by atoms with Gasteiger partial charge in [-0.2, -0.15) is 0 Å². The second kappa shape index (κ2) is 6.07. The molecule has 0 saturated carbocycles. The van der Waals surface area contributed by atoms with Gasteiger partial charge in [-0.1, -0.05) is 6.92 Å². The summed E-state index contributed by atoms with van der Waals surface area (Å²) in [6, 6.07) is -0.195. The lowest BCUT2D eigenvalue weighted by atomic mass is 10.0. The van der Waals surface area contributed by atoms with Crippen molar-refractivity contribution in [1.82, 2.24) is 5.32 Å². The number of carbonyl (C=O) groups excluding carboxylic acids is 1. The number of hydrogen-bond acceptors (Lipinski definition) is 4. The van der Waals surface area contributed by atoms with E-state index in [9.17, 15) is 13.2 Å². The summed E-state index contributed by atoms with van der Waals surface area (Å²) in [6.45, 7) is 3.89. The minimum absolute atomic E-state index is 0.0971. The van der Waals surface area contributed by atoms with Crippen molar-refractivity contribution in [3.63, 3.8) is 0 Å². The van der Waals surface area contributed by atoms with Crippen LogP contribution in [0, 0.1) is 5.92 Å². The molecule has 90 valence electrons. The standard InChI is InChI=1S/C9H20N2O3S/c1-7(8(2)10)9(12)11-5-4-6-15(3,13)14/h7-8H,4-6,10H2,1-3H3,(H,11,12). The molecular weight excluding hydrogens is 216 g/mol. The Balaban J connectivity index is 3.74. The quantitative estimate of drug-likeness (QED) is 0.610. The number of nitrogens with two attached hydrogens (primary N) is 1. The first-order valence-corrected chi connectivity index (χ1v) is 7.01. The maximum Gasteiger partial charge on any atom is 0.224 e. The molecule has 0 fully saturated rings. The highest BCUT2D eigenvalue weighted by molar-refractivity contribution is 7.90. The highest BCUT2D eigenvalue weighted by Gasteiger charge is 2.16. The zero-order valence-electron chi connectivity index (χ0n) is 9.49. The van der Waals surface area contributed by atoms with Crippen molar-refractivity contribution in [3.05, 3.63) is 0 Å². The Morgan fingerprint density at radius 3 is 2.33 bits per heavy atom. The predicted molar refractivity (Wildman–Crippen MR) is 60.2 cm³/mol. The second-order valence-corrected chi connectivity index (χ2v) is 6.18. The van der Waals surface area contributed by atoms with E-state index in [2.05, 4.69) is 5.32 Å². The summed E-state index contributed by atoms with van der Waals surface area (Å²) in [4.78, 5) is 11.4. The molecule has 2 unspecified atom stereocenters. The topological polar surface area (TPSA) is 89.3 Å². The summed E-state index contributed by atoms with van der Waals surface area (Å²) in [5.74, 6) is -0.276. The lowest BCUT2D eigenvalue weighted by Gasteiger charge is -2.14. The van der Waals surface area contributed by atoms with Gasteiger partial charge in [0.1, 0.15) is 9.84 Å². The van der Waals surface area contributed by atoms with Crippen LogP contribution < -0.4 is 11.1 Å². The molecule has 0 aromatic rings. The lowest BCUT2D eigenvalue weighted by Crippen LogP contribution is -2.39. The summed E-state index contributed by atoms with van der Waals surface area (Å²) in [7, 11) is -2.93. The summed E-state index contributed by atoms with van der Waals surface area (Å²) in [5.41, 5.74) is 5.55. The highest BCUT2D eigenvalue weighted by Crippen LogP contribution is 1.99. The van der Waals surface area contributed by atoms with Crippen LogP contribution in [0.3, 0.4) is 0 Å². The number of carbonyl (C=O) groups is 1. The van der Waals surface area contributed by atoms with Gasteiger partial charge >= 0.3 is 0 Å². The molecule has 0 aromatic carbocycles. The Morgan fingerprint density at radius 1 is 1.40 bits per heavy atom.